The average Bonchev–Trinajstić information content (AvgIpc) is 2.76. The highest BCUT2D eigenvalue weighted by Crippen LogP contribution is 2.29. The number of nitrogens with one attached hydrogen (secondary N) is 2. The van der Waals surface area contributed by atoms with Crippen molar-refractivity contribution in [3.63, 3.8) is 0 Å². The highest BCUT2D eigenvalue weighted by molar-refractivity contribution is 5.99. The van der Waals surface area contributed by atoms with Gasteiger partial charge in [0.15, 0.2) is 6.61 Å². The zero-order chi connectivity index (χ0) is 20.8. The summed E-state index contributed by atoms with van der Waals surface area (Å²) in [4.78, 5) is 26.4. The summed E-state index contributed by atoms with van der Waals surface area (Å²) in [6.45, 7) is 6.35. The van der Waals surface area contributed by atoms with Gasteiger partial charge in [0.2, 0.25) is 0 Å². The maximum atomic E-state index is 12.8. The van der Waals surface area contributed by atoms with Gasteiger partial charge in [-0.25, -0.2) is 0 Å². The second-order valence-corrected chi connectivity index (χ2v) is 6.77. The predicted molar refractivity (Wildman–Crippen MR) is 112 cm³/mol. The molecule has 2 N–H and O–H groups in total. The van der Waals surface area contributed by atoms with Crippen LogP contribution in [-0.2, 0) is 4.79 Å². The second kappa shape index (κ2) is 9.43. The van der Waals surface area contributed by atoms with Gasteiger partial charge in [-0.05, 0) is 49.0 Å². The van der Waals surface area contributed by atoms with Crippen LogP contribution in [0.25, 0.3) is 0 Å². The molecule has 0 fully saturated rings. The van der Waals surface area contributed by atoms with E-state index in [1.54, 1.807) is 25.3 Å². The van der Waals surface area contributed by atoms with Gasteiger partial charge < -0.3 is 20.1 Å². The predicted octanol–water partition coefficient (Wildman–Crippen LogP) is 2.84. The quantitative estimate of drug-likeness (QED) is 0.716. The van der Waals surface area contributed by atoms with Crippen LogP contribution in [0.15, 0.2) is 42.5 Å². The molecule has 0 aromatic heterocycles. The Labute approximate surface area is 171 Å². The fraction of sp³-hybridized carbons (Fsp3) is 0.364. The lowest BCUT2D eigenvalue weighted by atomic mass is 10.0. The summed E-state index contributed by atoms with van der Waals surface area (Å²) >= 11 is 0. The molecule has 2 amide bonds. The number of anilines is 1. The van der Waals surface area contributed by atoms with Gasteiger partial charge in [-0.1, -0.05) is 26.0 Å². The third-order valence-corrected chi connectivity index (χ3v) is 5.06. The molecule has 7 heteroatoms. The van der Waals surface area contributed by atoms with Gasteiger partial charge in [0.25, 0.3) is 11.8 Å². The number of ether oxygens (including phenoxy) is 2. The van der Waals surface area contributed by atoms with Crippen LogP contribution in [0, 0.1) is 0 Å². The Morgan fingerprint density at radius 2 is 2.03 bits per heavy atom. The summed E-state index contributed by atoms with van der Waals surface area (Å²) in [5.74, 6) is 0.911. The van der Waals surface area contributed by atoms with E-state index in [0.29, 0.717) is 23.5 Å². The minimum absolute atomic E-state index is 0.0252. The Bertz CT molecular complexity index is 880. The van der Waals surface area contributed by atoms with E-state index >= 15 is 0 Å². The van der Waals surface area contributed by atoms with Gasteiger partial charge in [0.05, 0.1) is 18.8 Å². The van der Waals surface area contributed by atoms with Crippen molar-refractivity contribution >= 4 is 17.5 Å². The monoisotopic (exact) mass is 397 g/mol. The largest absolute Gasteiger partial charge is 0.497 e. The van der Waals surface area contributed by atoms with E-state index in [-0.39, 0.29) is 24.5 Å². The normalized spacial score (nSPS) is 13.9. The zero-order valence-corrected chi connectivity index (χ0v) is 17.0. The van der Waals surface area contributed by atoms with Crippen molar-refractivity contribution < 1.29 is 19.1 Å². The van der Waals surface area contributed by atoms with Crippen LogP contribution in [0.1, 0.15) is 35.8 Å². The Kier molecular flexibility index (Phi) is 6.72. The highest BCUT2D eigenvalue weighted by atomic mass is 16.5. The molecule has 154 valence electrons. The number of carbonyl (C=O) groups is 2. The average molecular weight is 397 g/mol. The number of hydrogen-bond acceptors (Lipinski definition) is 5. The number of rotatable bonds is 8. The lowest BCUT2D eigenvalue weighted by Crippen LogP contribution is -2.38. The van der Waals surface area contributed by atoms with Crippen LogP contribution < -0.4 is 20.1 Å². The Morgan fingerprint density at radius 3 is 2.76 bits per heavy atom. The molecule has 0 aliphatic carbocycles. The summed E-state index contributed by atoms with van der Waals surface area (Å²) in [6, 6.07) is 13.0. The van der Waals surface area contributed by atoms with Crippen LogP contribution >= 0.6 is 0 Å². The van der Waals surface area contributed by atoms with Gasteiger partial charge in [0, 0.05) is 12.1 Å². The summed E-state index contributed by atoms with van der Waals surface area (Å²) in [7, 11) is 1.65. The third-order valence-electron chi connectivity index (χ3n) is 5.06. The number of amides is 2. The Morgan fingerprint density at radius 1 is 1.24 bits per heavy atom. The van der Waals surface area contributed by atoms with Crippen LogP contribution in [0.3, 0.4) is 0 Å². The summed E-state index contributed by atoms with van der Waals surface area (Å²) in [6.07, 6.45) is 0. The van der Waals surface area contributed by atoms with E-state index in [0.717, 1.165) is 24.4 Å². The van der Waals surface area contributed by atoms with Crippen molar-refractivity contribution in [3.8, 4) is 11.5 Å². The van der Waals surface area contributed by atoms with Gasteiger partial charge in [0.1, 0.15) is 11.5 Å². The van der Waals surface area contributed by atoms with Crippen molar-refractivity contribution in [1.29, 1.82) is 0 Å². The molecule has 0 radical (unpaired) electrons. The number of carbonyl (C=O) groups excluding carboxylic acids is 2. The van der Waals surface area contributed by atoms with Gasteiger partial charge in [-0.15, -0.1) is 0 Å². The molecule has 2 aromatic carbocycles. The second-order valence-electron chi connectivity index (χ2n) is 6.77. The highest BCUT2D eigenvalue weighted by Gasteiger charge is 2.21. The van der Waals surface area contributed by atoms with Gasteiger partial charge in [-0.2, -0.15) is 0 Å². The molecular weight excluding hydrogens is 370 g/mol. The number of methoxy groups -OCH3 is 1. The molecule has 0 saturated heterocycles. The number of nitrogens with zero attached hydrogens (tertiary/aromatic N) is 1. The molecule has 0 bridgehead atoms. The zero-order valence-electron chi connectivity index (χ0n) is 17.0. The molecule has 0 saturated carbocycles. The topological polar surface area (TPSA) is 79.9 Å². The molecule has 1 heterocycles. The first kappa shape index (κ1) is 20.7. The lowest BCUT2D eigenvalue weighted by molar-refractivity contribution is -0.118. The van der Waals surface area contributed by atoms with Crippen molar-refractivity contribution in [2.75, 3.05) is 38.7 Å². The van der Waals surface area contributed by atoms with Crippen LogP contribution in [-0.4, -0.2) is 50.1 Å². The smallest absolute Gasteiger partial charge is 0.262 e. The first-order chi connectivity index (χ1) is 14.0. The molecule has 0 spiro atoms. The molecule has 29 heavy (non-hydrogen) atoms. The number of likely N-dealkylation sites (N-methyl/N-ethyl adjacent to an activating group) is 1. The van der Waals surface area contributed by atoms with E-state index in [1.807, 2.05) is 24.3 Å². The summed E-state index contributed by atoms with van der Waals surface area (Å²) < 4.78 is 10.8. The van der Waals surface area contributed by atoms with Crippen LogP contribution in [0.5, 0.6) is 11.5 Å². The molecule has 3 rings (SSSR count). The van der Waals surface area contributed by atoms with Gasteiger partial charge >= 0.3 is 0 Å². The maximum Gasteiger partial charge on any atom is 0.262 e. The van der Waals surface area contributed by atoms with Crippen molar-refractivity contribution in [1.82, 2.24) is 10.2 Å². The number of hydrogen-bond donors (Lipinski definition) is 2. The number of fused-ring (bicyclic) bond motifs is 1. The molecule has 1 atom stereocenters. The van der Waals surface area contributed by atoms with Crippen LogP contribution in [0.2, 0.25) is 0 Å². The van der Waals surface area contributed by atoms with Crippen molar-refractivity contribution in [2.45, 2.75) is 19.9 Å². The van der Waals surface area contributed by atoms with E-state index in [1.165, 1.54) is 0 Å². The Balaban J connectivity index is 1.75. The summed E-state index contributed by atoms with van der Waals surface area (Å²) in [5.41, 5.74) is 2.16. The van der Waals surface area contributed by atoms with Crippen molar-refractivity contribution in [3.05, 3.63) is 53.6 Å². The van der Waals surface area contributed by atoms with E-state index in [2.05, 4.69) is 29.4 Å². The van der Waals surface area contributed by atoms with E-state index in [4.69, 9.17) is 9.47 Å². The van der Waals surface area contributed by atoms with E-state index < -0.39 is 0 Å². The molecule has 7 nitrogen and oxygen atoms in total. The van der Waals surface area contributed by atoms with Crippen molar-refractivity contribution in [2.24, 2.45) is 0 Å². The molecular formula is C22H27N3O4. The first-order valence-electron chi connectivity index (χ1n) is 9.78. The maximum absolute atomic E-state index is 12.8. The molecule has 1 aliphatic heterocycles. The first-order valence-corrected chi connectivity index (χ1v) is 9.78. The minimum atomic E-state index is -0.199. The fourth-order valence-electron chi connectivity index (χ4n) is 3.48. The summed E-state index contributed by atoms with van der Waals surface area (Å²) in [5, 5.41) is 5.76. The minimum Gasteiger partial charge on any atom is -0.497 e. The Hall–Kier alpha value is -3.06. The number of benzene rings is 2. The molecule has 2 aromatic rings. The molecule has 1 unspecified atom stereocenters. The van der Waals surface area contributed by atoms with Gasteiger partial charge in [-0.3, -0.25) is 14.5 Å². The standard InChI is InChI=1S/C22H27N3O4/c1-4-25(5-2)19(15-7-6-8-17(11-15)28-3)13-23-22(27)16-9-10-18-20(12-16)29-14-21(26)24-18/h6-12,19H,4-5,13-14H2,1-3H3,(H,23,27)(H,24,26). The lowest BCUT2D eigenvalue weighted by Gasteiger charge is -2.30. The third kappa shape index (κ3) is 4.86. The molecule has 1 aliphatic rings. The SMILES string of the molecule is CCN(CC)C(CNC(=O)c1ccc2c(c1)OCC(=O)N2)c1cccc(OC)c1. The fourth-order valence-corrected chi connectivity index (χ4v) is 3.48. The van der Waals surface area contributed by atoms with E-state index in [9.17, 15) is 9.59 Å². The van der Waals surface area contributed by atoms with Crippen LogP contribution in [0.4, 0.5) is 5.69 Å².